The van der Waals surface area contributed by atoms with E-state index in [1.165, 1.54) is 0 Å². The molecular weight excluding hydrogens is 762 g/mol. The highest BCUT2D eigenvalue weighted by Gasteiger charge is 2.29. The van der Waals surface area contributed by atoms with Gasteiger partial charge in [0.1, 0.15) is 17.2 Å². The van der Waals surface area contributed by atoms with Crippen molar-refractivity contribution in [2.45, 2.75) is 146 Å². The number of phosphoric acid groups is 2. The first-order valence-electron chi connectivity index (χ1n) is 19.4. The number of benzene rings is 3. The maximum atomic E-state index is 12.6. The topological polar surface area (TPSA) is 174 Å². The highest BCUT2D eigenvalue weighted by atomic mass is 31.2. The lowest BCUT2D eigenvalue weighted by molar-refractivity contribution is 0.279. The molecule has 0 aliphatic heterocycles. The Bertz CT molecular complexity index is 2120. The number of phosphoric ester groups is 2. The average molecular weight is 829 g/mol. The molecule has 0 saturated carbocycles. The molecule has 0 unspecified atom stereocenters. The third-order valence-corrected chi connectivity index (χ3v) is 11.2. The van der Waals surface area contributed by atoms with E-state index in [0.29, 0.717) is 45.4 Å². The highest BCUT2D eigenvalue weighted by Crippen LogP contribution is 2.47. The summed E-state index contributed by atoms with van der Waals surface area (Å²) in [4.78, 5) is 40.4. The predicted octanol–water partition coefficient (Wildman–Crippen LogP) is 11.3. The van der Waals surface area contributed by atoms with Crippen molar-refractivity contribution in [3.63, 3.8) is 0 Å². The van der Waals surface area contributed by atoms with E-state index in [0.717, 1.165) is 22.3 Å². The van der Waals surface area contributed by atoms with Crippen LogP contribution in [0.1, 0.15) is 154 Å². The fourth-order valence-corrected chi connectivity index (χ4v) is 7.29. The number of aryl methyl sites for hydroxylation is 1. The first-order chi connectivity index (χ1) is 25.6. The van der Waals surface area contributed by atoms with Crippen LogP contribution in [0, 0.1) is 5.41 Å². The minimum Gasteiger partial charge on any atom is -0.512 e. The van der Waals surface area contributed by atoms with Crippen LogP contribution < -0.4 is 9.05 Å². The van der Waals surface area contributed by atoms with Gasteiger partial charge in [-0.3, -0.25) is 19.6 Å². The van der Waals surface area contributed by atoms with Gasteiger partial charge in [-0.05, 0) is 97.6 Å². The van der Waals surface area contributed by atoms with Crippen LogP contribution in [-0.2, 0) is 51.1 Å². The molecule has 0 bridgehead atoms. The number of allylic oxidation sites excluding steroid dienone is 4. The van der Waals surface area contributed by atoms with E-state index < -0.39 is 26.5 Å². The second-order valence-electron chi connectivity index (χ2n) is 19.4. The molecule has 0 spiro atoms. The van der Waals surface area contributed by atoms with E-state index in [9.17, 15) is 38.9 Å². The molecule has 0 aliphatic rings. The summed E-state index contributed by atoms with van der Waals surface area (Å²) in [5, 5.41) is 23.0. The Labute approximate surface area is 340 Å². The Kier molecular flexibility index (Phi) is 14.4. The zero-order valence-electron chi connectivity index (χ0n) is 36.6. The molecule has 0 fully saturated rings. The van der Waals surface area contributed by atoms with Crippen molar-refractivity contribution in [1.82, 2.24) is 0 Å². The Morgan fingerprint density at radius 3 is 1.25 bits per heavy atom. The number of aliphatic hydroxyl groups excluding tert-OH is 1. The van der Waals surface area contributed by atoms with Crippen molar-refractivity contribution in [3.8, 4) is 17.2 Å². The summed E-state index contributed by atoms with van der Waals surface area (Å²) in [6.45, 7) is 29.9. The highest BCUT2D eigenvalue weighted by molar-refractivity contribution is 7.47. The molecule has 3 aromatic carbocycles. The summed E-state index contributed by atoms with van der Waals surface area (Å²) < 4.78 is 35.8. The van der Waals surface area contributed by atoms with Crippen LogP contribution in [0.2, 0.25) is 0 Å². The van der Waals surface area contributed by atoms with Crippen molar-refractivity contribution in [3.05, 3.63) is 109 Å². The smallest absolute Gasteiger partial charge is 0.512 e. The summed E-state index contributed by atoms with van der Waals surface area (Å²) in [5.41, 5.74) is 5.82. The van der Waals surface area contributed by atoms with Crippen LogP contribution in [0.4, 0.5) is 0 Å². The monoisotopic (exact) mass is 828 g/mol. The number of hydrogen-bond acceptors (Lipinski definition) is 6. The molecule has 3 rings (SSSR count). The Morgan fingerprint density at radius 2 is 0.930 bits per heavy atom. The zero-order valence-corrected chi connectivity index (χ0v) is 38.4. The summed E-state index contributed by atoms with van der Waals surface area (Å²) in [6.07, 6.45) is 2.52. The third kappa shape index (κ3) is 13.3. The molecule has 10 nitrogen and oxygen atoms in total. The normalized spacial score (nSPS) is 14.1. The summed E-state index contributed by atoms with van der Waals surface area (Å²) in [7, 11) is -10.1. The molecule has 0 aliphatic carbocycles. The van der Waals surface area contributed by atoms with Crippen LogP contribution in [0.3, 0.4) is 0 Å². The molecule has 0 aromatic heterocycles. The largest absolute Gasteiger partial charge is 0.524 e. The lowest BCUT2D eigenvalue weighted by Crippen LogP contribution is -2.15. The van der Waals surface area contributed by atoms with E-state index >= 15 is 0 Å². The van der Waals surface area contributed by atoms with Gasteiger partial charge in [0.2, 0.25) is 0 Å². The van der Waals surface area contributed by atoms with E-state index in [2.05, 4.69) is 20.8 Å². The average Bonchev–Trinajstić information content (AvgIpc) is 3.00. The van der Waals surface area contributed by atoms with E-state index in [1.807, 2.05) is 119 Å². The van der Waals surface area contributed by atoms with Crippen molar-refractivity contribution in [1.29, 1.82) is 0 Å². The number of phenols is 1. The molecule has 0 saturated heterocycles. The van der Waals surface area contributed by atoms with Gasteiger partial charge in [-0.15, -0.1) is 0 Å². The van der Waals surface area contributed by atoms with E-state index in [-0.39, 0.29) is 53.1 Å². The minimum absolute atomic E-state index is 0.0110. The van der Waals surface area contributed by atoms with Crippen LogP contribution in [0.25, 0.3) is 0 Å². The number of rotatable bonds is 12. The fraction of sp³-hybridized carbons (Fsp3) is 0.511. The van der Waals surface area contributed by atoms with Crippen molar-refractivity contribution < 1.29 is 48.0 Å². The Hall–Kier alpha value is -3.36. The second kappa shape index (κ2) is 17.1. The molecule has 316 valence electrons. The molecule has 3 aromatic rings. The molecule has 0 amide bonds. The molecule has 0 radical (unpaired) electrons. The maximum Gasteiger partial charge on any atom is 0.524 e. The summed E-state index contributed by atoms with van der Waals surface area (Å²) in [5.74, 6) is 0.0125. The van der Waals surface area contributed by atoms with Gasteiger partial charge in [-0.1, -0.05) is 138 Å². The quantitative estimate of drug-likeness (QED) is 0.0586. The number of hydrogen-bond donors (Lipinski definition) is 6. The Balaban J connectivity index is 2.43. The molecule has 6 N–H and O–H groups in total. The van der Waals surface area contributed by atoms with Crippen molar-refractivity contribution >= 4 is 15.6 Å². The number of aliphatic hydroxyl groups is 1. The number of phenolic OH excluding ortho intramolecular Hbond substituents is 1. The SMILES string of the molecule is CCc1cc(C(C)(C)C)cc(Cc2cc(C(C)(C)C)cc(Cc3cc(C(C)(C)C)cc(CC(/C=C(\C)C(C)(C)C)=C(/C)O)c3OP(=O)(O)O)c2O)c1OP(=O)(O)O. The Morgan fingerprint density at radius 1 is 0.596 bits per heavy atom. The van der Waals surface area contributed by atoms with Crippen molar-refractivity contribution in [2.24, 2.45) is 5.41 Å². The van der Waals surface area contributed by atoms with Gasteiger partial charge in [0.25, 0.3) is 0 Å². The zero-order chi connectivity index (χ0) is 43.9. The van der Waals surface area contributed by atoms with Crippen LogP contribution >= 0.6 is 15.6 Å². The fourth-order valence-electron chi connectivity index (χ4n) is 6.34. The van der Waals surface area contributed by atoms with Gasteiger partial charge in [0, 0.05) is 19.3 Å². The van der Waals surface area contributed by atoms with Crippen LogP contribution in [0.15, 0.2) is 59.4 Å². The van der Waals surface area contributed by atoms with Gasteiger partial charge in [0.15, 0.2) is 0 Å². The lowest BCUT2D eigenvalue weighted by Gasteiger charge is -2.27. The van der Waals surface area contributed by atoms with Gasteiger partial charge in [0.05, 0.1) is 5.76 Å². The maximum absolute atomic E-state index is 12.6. The predicted molar refractivity (Wildman–Crippen MR) is 230 cm³/mol. The minimum atomic E-state index is -5.11. The molecule has 12 heteroatoms. The number of aromatic hydroxyl groups is 1. The van der Waals surface area contributed by atoms with Crippen LogP contribution in [-0.4, -0.2) is 29.8 Å². The third-order valence-electron chi connectivity index (χ3n) is 10.3. The van der Waals surface area contributed by atoms with Gasteiger partial charge in [-0.25, -0.2) is 9.13 Å². The van der Waals surface area contributed by atoms with Gasteiger partial charge >= 0.3 is 15.6 Å². The molecule has 57 heavy (non-hydrogen) atoms. The summed E-state index contributed by atoms with van der Waals surface area (Å²) in [6, 6.07) is 11.2. The van der Waals surface area contributed by atoms with Crippen molar-refractivity contribution in [2.75, 3.05) is 0 Å². The van der Waals surface area contributed by atoms with Gasteiger partial charge in [-0.2, -0.15) is 0 Å². The first-order valence-corrected chi connectivity index (χ1v) is 22.4. The van der Waals surface area contributed by atoms with Gasteiger partial charge < -0.3 is 19.3 Å². The summed E-state index contributed by atoms with van der Waals surface area (Å²) >= 11 is 0. The molecule has 0 heterocycles. The van der Waals surface area contributed by atoms with E-state index in [1.54, 1.807) is 6.92 Å². The standard InChI is InChI=1S/C45H66O10P2/c1-16-29-21-36(43(7,8)9)25-34(40(29)54-56(48,49)50)19-31-22-37(44(10,11)12)23-32(39(31)47)20-35-26-38(45(13,14)15)24-33(41(35)55-57(51,52)53)18-30(28(3)46)17-27(2)42(4,5)6/h17,21-26,46-47H,16,18-20H2,1-15H3,(H2,48,49,50)(H2,51,52,53)/b27-17+,30-28-. The van der Waals surface area contributed by atoms with E-state index in [4.69, 9.17) is 9.05 Å². The second-order valence-corrected chi connectivity index (χ2v) is 21.7. The molecule has 0 atom stereocenters. The molecular formula is C45H66O10P2. The van der Waals surface area contributed by atoms with Crippen LogP contribution in [0.5, 0.6) is 17.2 Å². The first kappa shape index (κ1) is 48.0. The lowest BCUT2D eigenvalue weighted by atomic mass is 9.80.